The van der Waals surface area contributed by atoms with Gasteiger partial charge < -0.3 is 27.7 Å². The van der Waals surface area contributed by atoms with Gasteiger partial charge in [0.25, 0.3) is 0 Å². The molecule has 0 aliphatic rings. The summed E-state index contributed by atoms with van der Waals surface area (Å²) in [4.78, 5) is 0. The SMILES string of the molecule is Nc1cc(N)c(-c2ccc(C(F)(F)C(F)(Cl)Cl)cc2)c(Oc2cc(N)cc(N)c2-c2ccc(C(F)(F)C(F)(Cl)Cl)cc2)c1. The maximum Gasteiger partial charge on any atom is 0.334 e. The Morgan fingerprint density at radius 3 is 1.07 bits per heavy atom. The fourth-order valence-corrected chi connectivity index (χ4v) is 4.67. The molecule has 5 nitrogen and oxygen atoms in total. The zero-order chi connectivity index (χ0) is 32.1. The van der Waals surface area contributed by atoms with Crippen LogP contribution in [0.1, 0.15) is 11.1 Å². The largest absolute Gasteiger partial charge is 0.456 e. The van der Waals surface area contributed by atoms with Crippen molar-refractivity contribution in [2.45, 2.75) is 21.0 Å². The minimum atomic E-state index is -4.24. The average Bonchev–Trinajstić information content (AvgIpc) is 2.87. The van der Waals surface area contributed by atoms with Crippen LogP contribution < -0.4 is 27.7 Å². The molecule has 0 aliphatic carbocycles. The van der Waals surface area contributed by atoms with Crippen molar-refractivity contribution in [1.29, 1.82) is 0 Å². The van der Waals surface area contributed by atoms with E-state index in [1.165, 1.54) is 48.5 Å². The highest BCUT2D eigenvalue weighted by Crippen LogP contribution is 2.50. The molecule has 8 N–H and O–H groups in total. The molecular weight excluding hydrogens is 664 g/mol. The smallest absolute Gasteiger partial charge is 0.334 e. The van der Waals surface area contributed by atoms with Gasteiger partial charge in [-0.15, -0.1) is 0 Å². The molecule has 0 fully saturated rings. The van der Waals surface area contributed by atoms with Crippen molar-refractivity contribution in [2.75, 3.05) is 22.9 Å². The highest BCUT2D eigenvalue weighted by molar-refractivity contribution is 6.48. The Morgan fingerprint density at radius 2 is 0.791 bits per heavy atom. The van der Waals surface area contributed by atoms with Gasteiger partial charge in [0, 0.05) is 57.1 Å². The number of nitrogen functional groups attached to an aromatic ring is 4. The number of anilines is 4. The fourth-order valence-electron chi connectivity index (χ4n) is 4.24. The fraction of sp³-hybridized carbons (Fsp3) is 0.143. The van der Waals surface area contributed by atoms with Crippen molar-refractivity contribution in [3.05, 3.63) is 83.9 Å². The topological polar surface area (TPSA) is 113 Å². The van der Waals surface area contributed by atoms with E-state index >= 15 is 0 Å². The molecule has 4 aromatic carbocycles. The summed E-state index contributed by atoms with van der Waals surface area (Å²) in [5.74, 6) is -8.44. The van der Waals surface area contributed by atoms with Crippen LogP contribution in [0.4, 0.5) is 49.1 Å². The summed E-state index contributed by atoms with van der Waals surface area (Å²) in [5, 5.41) is 0. The molecule has 0 aromatic heterocycles. The van der Waals surface area contributed by atoms with Crippen molar-refractivity contribution in [1.82, 2.24) is 0 Å². The second-order valence-electron chi connectivity index (χ2n) is 9.37. The van der Waals surface area contributed by atoms with Gasteiger partial charge in [0.2, 0.25) is 0 Å². The summed E-state index contributed by atoms with van der Waals surface area (Å²) in [6.07, 6.45) is 0. The summed E-state index contributed by atoms with van der Waals surface area (Å²) < 4.78 is 83.1. The van der Waals surface area contributed by atoms with Gasteiger partial charge in [-0.3, -0.25) is 0 Å². The molecule has 0 heterocycles. The summed E-state index contributed by atoms with van der Waals surface area (Å²) >= 11 is 20.1. The van der Waals surface area contributed by atoms with Crippen LogP contribution in [0.3, 0.4) is 0 Å². The first kappa shape index (κ1) is 32.5. The first-order valence-electron chi connectivity index (χ1n) is 11.9. The normalized spacial score (nSPS) is 12.8. The van der Waals surface area contributed by atoms with E-state index < -0.39 is 32.1 Å². The van der Waals surface area contributed by atoms with Crippen LogP contribution >= 0.6 is 46.4 Å². The number of halogens is 10. The molecule has 0 unspecified atom stereocenters. The predicted octanol–water partition coefficient (Wildman–Crippen LogP) is 9.53. The van der Waals surface area contributed by atoms with E-state index in [0.717, 1.165) is 24.3 Å². The van der Waals surface area contributed by atoms with E-state index in [1.807, 2.05) is 0 Å². The molecular formula is C28H20Cl4F6N4O. The summed E-state index contributed by atoms with van der Waals surface area (Å²) in [7, 11) is 0. The minimum absolute atomic E-state index is 0.0208. The highest BCUT2D eigenvalue weighted by atomic mass is 35.5. The Labute approximate surface area is 261 Å². The third-order valence-electron chi connectivity index (χ3n) is 6.31. The molecule has 228 valence electrons. The lowest BCUT2D eigenvalue weighted by Crippen LogP contribution is -2.31. The lowest BCUT2D eigenvalue weighted by molar-refractivity contribution is -0.0652. The third-order valence-corrected chi connectivity index (χ3v) is 7.26. The Kier molecular flexibility index (Phi) is 8.53. The summed E-state index contributed by atoms with van der Waals surface area (Å²) in [6.45, 7) is 0. The Morgan fingerprint density at radius 1 is 0.488 bits per heavy atom. The molecule has 43 heavy (non-hydrogen) atoms. The van der Waals surface area contributed by atoms with Gasteiger partial charge in [0.05, 0.1) is 0 Å². The summed E-state index contributed by atoms with van der Waals surface area (Å²) in [5.41, 5.74) is 24.2. The zero-order valence-electron chi connectivity index (χ0n) is 21.4. The minimum Gasteiger partial charge on any atom is -0.456 e. The molecule has 15 heteroatoms. The van der Waals surface area contributed by atoms with Crippen LogP contribution in [0.5, 0.6) is 11.5 Å². The lowest BCUT2D eigenvalue weighted by Gasteiger charge is -2.23. The maximum absolute atomic E-state index is 14.3. The van der Waals surface area contributed by atoms with Crippen LogP contribution in [0, 0.1) is 0 Å². The Bertz CT molecular complexity index is 1540. The molecule has 0 aliphatic heterocycles. The zero-order valence-corrected chi connectivity index (χ0v) is 24.4. The molecule has 0 amide bonds. The van der Waals surface area contributed by atoms with E-state index in [-0.39, 0.29) is 56.5 Å². The third kappa shape index (κ3) is 6.31. The van der Waals surface area contributed by atoms with Crippen molar-refractivity contribution < 1.29 is 31.1 Å². The summed E-state index contributed by atoms with van der Waals surface area (Å²) in [6, 6.07) is 14.0. The number of hydrogen-bond donors (Lipinski definition) is 4. The van der Waals surface area contributed by atoms with Crippen LogP contribution in [-0.2, 0) is 11.8 Å². The Hall–Kier alpha value is -3.38. The average molecular weight is 684 g/mol. The van der Waals surface area contributed by atoms with E-state index in [9.17, 15) is 26.3 Å². The second kappa shape index (κ2) is 11.3. The van der Waals surface area contributed by atoms with Gasteiger partial charge in [-0.25, -0.2) is 8.78 Å². The van der Waals surface area contributed by atoms with Crippen LogP contribution in [0.2, 0.25) is 0 Å². The standard InChI is InChI=1S/C28H20Cl4F6N4O/c29-27(30,37)25(33,34)15-5-1-13(2-6-15)23-19(41)9-17(39)11-21(23)43-22-12-18(40)10-20(42)24(22)14-3-7-16(8-4-14)26(35,36)28(31,32)38/h1-12H,39-42H2. The Balaban J connectivity index is 1.81. The number of benzene rings is 4. The molecule has 0 saturated heterocycles. The van der Waals surface area contributed by atoms with Gasteiger partial charge in [0.15, 0.2) is 0 Å². The quantitative estimate of drug-likeness (QED) is 0.0839. The second-order valence-corrected chi connectivity index (χ2v) is 11.8. The predicted molar refractivity (Wildman–Crippen MR) is 160 cm³/mol. The first-order valence-corrected chi connectivity index (χ1v) is 13.4. The molecule has 0 radical (unpaired) electrons. The lowest BCUT2D eigenvalue weighted by atomic mass is 9.98. The van der Waals surface area contributed by atoms with Gasteiger partial charge in [-0.1, -0.05) is 94.9 Å². The van der Waals surface area contributed by atoms with Crippen LogP contribution in [-0.4, -0.2) is 9.17 Å². The van der Waals surface area contributed by atoms with E-state index in [2.05, 4.69) is 0 Å². The maximum atomic E-state index is 14.3. The number of alkyl halides is 10. The molecule has 4 aromatic rings. The van der Waals surface area contributed by atoms with Crippen LogP contribution in [0.25, 0.3) is 22.3 Å². The number of rotatable bonds is 8. The van der Waals surface area contributed by atoms with E-state index in [1.54, 1.807) is 0 Å². The highest BCUT2D eigenvalue weighted by Gasteiger charge is 2.55. The monoisotopic (exact) mass is 682 g/mol. The van der Waals surface area contributed by atoms with Crippen molar-refractivity contribution in [3.8, 4) is 33.8 Å². The van der Waals surface area contributed by atoms with E-state index in [0.29, 0.717) is 0 Å². The molecule has 4 rings (SSSR count). The van der Waals surface area contributed by atoms with Crippen molar-refractivity contribution in [2.24, 2.45) is 0 Å². The molecule has 0 saturated carbocycles. The number of nitrogens with two attached hydrogens (primary N) is 4. The van der Waals surface area contributed by atoms with Crippen LogP contribution in [0.15, 0.2) is 72.8 Å². The van der Waals surface area contributed by atoms with Gasteiger partial charge >= 0.3 is 21.0 Å². The van der Waals surface area contributed by atoms with Crippen molar-refractivity contribution >= 4 is 69.2 Å². The van der Waals surface area contributed by atoms with Gasteiger partial charge in [-0.05, 0) is 23.3 Å². The first-order chi connectivity index (χ1) is 19.7. The molecule has 0 atom stereocenters. The van der Waals surface area contributed by atoms with Gasteiger partial charge in [-0.2, -0.15) is 17.6 Å². The van der Waals surface area contributed by atoms with Gasteiger partial charge in [0.1, 0.15) is 11.5 Å². The van der Waals surface area contributed by atoms with E-state index in [4.69, 9.17) is 74.1 Å². The molecule has 0 bridgehead atoms. The number of ether oxygens (including phenoxy) is 1. The molecule has 0 spiro atoms. The number of hydrogen-bond acceptors (Lipinski definition) is 5. The van der Waals surface area contributed by atoms with Crippen molar-refractivity contribution in [3.63, 3.8) is 0 Å².